The first-order chi connectivity index (χ1) is 20.0. The Kier molecular flexibility index (Phi) is 7.19. The molecule has 0 saturated heterocycles. The maximum atomic E-state index is 12.8. The number of hydrogen-bond acceptors (Lipinski definition) is 9. The lowest BCUT2D eigenvalue weighted by Gasteiger charge is -2.08. The highest BCUT2D eigenvalue weighted by Gasteiger charge is 2.14. The minimum atomic E-state index is -0.281. The molecular formula is C30H22N4O5S2. The van der Waals surface area contributed by atoms with Crippen LogP contribution in [0.3, 0.4) is 0 Å². The average Bonchev–Trinajstić information content (AvgIpc) is 3.60. The lowest BCUT2D eigenvalue weighted by Crippen LogP contribution is -2.11. The normalized spacial score (nSPS) is 10.9. The number of amides is 2. The summed E-state index contributed by atoms with van der Waals surface area (Å²) in [5.74, 6) is 1.85. The molecule has 0 spiro atoms. The van der Waals surface area contributed by atoms with E-state index in [2.05, 4.69) is 20.6 Å². The van der Waals surface area contributed by atoms with Crippen molar-refractivity contribution >= 4 is 65.2 Å². The van der Waals surface area contributed by atoms with Gasteiger partial charge in [0.1, 0.15) is 34.0 Å². The predicted molar refractivity (Wildman–Crippen MR) is 161 cm³/mol. The molecule has 9 nitrogen and oxygen atoms in total. The van der Waals surface area contributed by atoms with Crippen LogP contribution in [0.15, 0.2) is 84.9 Å². The molecule has 11 heteroatoms. The zero-order chi connectivity index (χ0) is 28.3. The van der Waals surface area contributed by atoms with Crippen molar-refractivity contribution < 1.29 is 23.8 Å². The minimum Gasteiger partial charge on any atom is -0.494 e. The molecule has 41 heavy (non-hydrogen) atoms. The van der Waals surface area contributed by atoms with Crippen LogP contribution in [-0.2, 0) is 0 Å². The maximum absolute atomic E-state index is 12.8. The van der Waals surface area contributed by atoms with Crippen molar-refractivity contribution in [3.05, 3.63) is 96.1 Å². The molecule has 0 aliphatic heterocycles. The summed E-state index contributed by atoms with van der Waals surface area (Å²) in [6.45, 7) is 0. The molecule has 0 radical (unpaired) electrons. The number of benzene rings is 4. The van der Waals surface area contributed by atoms with E-state index in [0.29, 0.717) is 55.4 Å². The Hall–Kier alpha value is -5.00. The van der Waals surface area contributed by atoms with Gasteiger partial charge in [0, 0.05) is 11.1 Å². The molecule has 4 aromatic carbocycles. The molecule has 6 aromatic rings. The summed E-state index contributed by atoms with van der Waals surface area (Å²) in [7, 11) is 3.18. The molecule has 0 aliphatic carbocycles. The fraction of sp³-hybridized carbons (Fsp3) is 0.0667. The Morgan fingerprint density at radius 3 is 1.41 bits per heavy atom. The first kappa shape index (κ1) is 26.2. The molecular weight excluding hydrogens is 560 g/mol. The van der Waals surface area contributed by atoms with Gasteiger partial charge in [0.05, 0.1) is 23.6 Å². The maximum Gasteiger partial charge on any atom is 0.257 e. The van der Waals surface area contributed by atoms with Crippen LogP contribution in [-0.4, -0.2) is 36.0 Å². The summed E-state index contributed by atoms with van der Waals surface area (Å²) < 4.78 is 18.4. The average molecular weight is 583 g/mol. The summed E-state index contributed by atoms with van der Waals surface area (Å²) in [5.41, 5.74) is 2.34. The summed E-state index contributed by atoms with van der Waals surface area (Å²) >= 11 is 2.75. The van der Waals surface area contributed by atoms with Crippen LogP contribution in [0.1, 0.15) is 20.7 Å². The highest BCUT2D eigenvalue weighted by Crippen LogP contribution is 2.33. The van der Waals surface area contributed by atoms with E-state index in [-0.39, 0.29) is 11.8 Å². The van der Waals surface area contributed by atoms with Gasteiger partial charge in [-0.2, -0.15) is 0 Å². The molecule has 0 fully saturated rings. The number of nitrogens with zero attached hydrogens (tertiary/aromatic N) is 2. The molecule has 2 N–H and O–H groups in total. The molecule has 0 saturated carbocycles. The number of para-hydroxylation sites is 2. The molecule has 2 aromatic heterocycles. The van der Waals surface area contributed by atoms with Gasteiger partial charge in [-0.15, -0.1) is 0 Å². The number of hydrogen-bond donors (Lipinski definition) is 2. The van der Waals surface area contributed by atoms with Gasteiger partial charge in [-0.25, -0.2) is 9.97 Å². The molecule has 0 unspecified atom stereocenters. The number of anilines is 2. The van der Waals surface area contributed by atoms with E-state index in [1.807, 2.05) is 36.4 Å². The van der Waals surface area contributed by atoms with Crippen LogP contribution in [0, 0.1) is 0 Å². The van der Waals surface area contributed by atoms with Crippen LogP contribution >= 0.6 is 22.7 Å². The Balaban J connectivity index is 1.07. The van der Waals surface area contributed by atoms with E-state index in [1.165, 1.54) is 22.7 Å². The monoisotopic (exact) mass is 582 g/mol. The fourth-order valence-electron chi connectivity index (χ4n) is 4.11. The van der Waals surface area contributed by atoms with Gasteiger partial charge in [0.15, 0.2) is 10.3 Å². The second-order valence-corrected chi connectivity index (χ2v) is 10.8. The van der Waals surface area contributed by atoms with Crippen molar-refractivity contribution in [2.45, 2.75) is 0 Å². The number of methoxy groups -OCH3 is 2. The minimum absolute atomic E-state index is 0.281. The zero-order valence-corrected chi connectivity index (χ0v) is 23.5. The van der Waals surface area contributed by atoms with Gasteiger partial charge in [-0.1, -0.05) is 34.8 Å². The smallest absolute Gasteiger partial charge is 0.257 e. The number of carbonyl (C=O) groups excluding carboxylic acids is 2. The highest BCUT2D eigenvalue weighted by atomic mass is 32.1. The summed E-state index contributed by atoms with van der Waals surface area (Å²) in [4.78, 5) is 34.5. The topological polar surface area (TPSA) is 112 Å². The molecule has 0 bridgehead atoms. The number of thiazole rings is 2. The molecule has 204 valence electrons. The lowest BCUT2D eigenvalue weighted by molar-refractivity contribution is 0.101. The Morgan fingerprint density at radius 2 is 1.02 bits per heavy atom. The van der Waals surface area contributed by atoms with Crippen LogP contribution in [0.4, 0.5) is 10.3 Å². The summed E-state index contributed by atoms with van der Waals surface area (Å²) in [5, 5.41) is 6.65. The number of aromatic nitrogens is 2. The fourth-order valence-corrected chi connectivity index (χ4v) is 5.86. The first-order valence-corrected chi connectivity index (χ1v) is 14.0. The Labute approximate surface area is 242 Å². The quantitative estimate of drug-likeness (QED) is 0.195. The number of ether oxygens (including phenoxy) is 3. The molecule has 6 rings (SSSR count). The Bertz CT molecular complexity index is 1740. The van der Waals surface area contributed by atoms with Gasteiger partial charge in [-0.3, -0.25) is 20.2 Å². The van der Waals surface area contributed by atoms with Gasteiger partial charge >= 0.3 is 0 Å². The van der Waals surface area contributed by atoms with Crippen LogP contribution in [0.2, 0.25) is 0 Å². The van der Waals surface area contributed by atoms with Crippen molar-refractivity contribution in [1.82, 2.24) is 9.97 Å². The third kappa shape index (κ3) is 5.53. The van der Waals surface area contributed by atoms with Gasteiger partial charge in [0.25, 0.3) is 11.8 Å². The summed E-state index contributed by atoms with van der Waals surface area (Å²) in [6, 6.07) is 24.8. The van der Waals surface area contributed by atoms with E-state index < -0.39 is 0 Å². The summed E-state index contributed by atoms with van der Waals surface area (Å²) in [6.07, 6.45) is 0. The molecule has 0 atom stereocenters. The predicted octanol–water partition coefficient (Wildman–Crippen LogP) is 7.22. The zero-order valence-electron chi connectivity index (χ0n) is 21.8. The van der Waals surface area contributed by atoms with Crippen LogP contribution in [0.25, 0.3) is 20.4 Å². The van der Waals surface area contributed by atoms with Crippen LogP contribution < -0.4 is 24.8 Å². The lowest BCUT2D eigenvalue weighted by atomic mass is 10.2. The van der Waals surface area contributed by atoms with Crippen molar-refractivity contribution in [3.63, 3.8) is 0 Å². The van der Waals surface area contributed by atoms with E-state index >= 15 is 0 Å². The highest BCUT2D eigenvalue weighted by molar-refractivity contribution is 7.22. The second kappa shape index (κ2) is 11.2. The molecule has 2 heterocycles. The van der Waals surface area contributed by atoms with Gasteiger partial charge in [0.2, 0.25) is 0 Å². The molecule has 0 aliphatic rings. The molecule has 2 amide bonds. The third-order valence-corrected chi connectivity index (χ3v) is 7.99. The van der Waals surface area contributed by atoms with Crippen molar-refractivity contribution in [2.24, 2.45) is 0 Å². The van der Waals surface area contributed by atoms with Crippen molar-refractivity contribution in [2.75, 3.05) is 24.9 Å². The number of nitrogens with one attached hydrogen (secondary N) is 2. The van der Waals surface area contributed by atoms with Gasteiger partial charge < -0.3 is 14.2 Å². The van der Waals surface area contributed by atoms with E-state index in [9.17, 15) is 9.59 Å². The third-order valence-electron chi connectivity index (χ3n) is 6.11. The van der Waals surface area contributed by atoms with E-state index in [1.54, 1.807) is 62.8 Å². The number of rotatable bonds is 8. The Morgan fingerprint density at radius 1 is 0.610 bits per heavy atom. The number of carbonyl (C=O) groups is 2. The van der Waals surface area contributed by atoms with E-state index in [0.717, 1.165) is 9.40 Å². The first-order valence-electron chi connectivity index (χ1n) is 12.4. The second-order valence-electron chi connectivity index (χ2n) is 8.71. The largest absolute Gasteiger partial charge is 0.494 e. The van der Waals surface area contributed by atoms with Crippen LogP contribution in [0.5, 0.6) is 23.0 Å². The number of fused-ring (bicyclic) bond motifs is 2. The SMILES string of the molecule is COc1cccc2sc(NC(=O)c3ccc(Oc4ccc(C(=O)Nc5nc6c(OC)cccc6s5)cc4)cc3)nc12. The van der Waals surface area contributed by atoms with Gasteiger partial charge in [-0.05, 0) is 72.8 Å². The standard InChI is InChI=1S/C30H22N4O5S2/c1-37-21-5-3-7-23-25(21)31-29(40-23)33-27(35)17-9-13-19(14-10-17)39-20-15-11-18(12-16-20)28(36)34-30-32-26-22(38-2)6-4-8-24(26)41-30/h3-16H,1-2H3,(H,31,33,35)(H,32,34,36). The van der Waals surface area contributed by atoms with Crippen molar-refractivity contribution in [3.8, 4) is 23.0 Å². The van der Waals surface area contributed by atoms with E-state index in [4.69, 9.17) is 14.2 Å². The van der Waals surface area contributed by atoms with Crippen molar-refractivity contribution in [1.29, 1.82) is 0 Å².